The summed E-state index contributed by atoms with van der Waals surface area (Å²) < 4.78 is 10.2. The minimum Gasteiger partial charge on any atom is -0.497 e. The van der Waals surface area contributed by atoms with Crippen LogP contribution in [-0.4, -0.2) is 31.6 Å². The Bertz CT molecular complexity index is 683. The van der Waals surface area contributed by atoms with Crippen LogP contribution in [0.25, 0.3) is 0 Å². The molecule has 0 saturated carbocycles. The van der Waals surface area contributed by atoms with Gasteiger partial charge in [0.05, 0.1) is 20.1 Å². The minimum atomic E-state index is -0.701. The van der Waals surface area contributed by atoms with E-state index in [1.54, 1.807) is 26.2 Å². The van der Waals surface area contributed by atoms with E-state index in [0.29, 0.717) is 6.42 Å². The van der Waals surface area contributed by atoms with Crippen LogP contribution < -0.4 is 10.1 Å². The largest absolute Gasteiger partial charge is 0.497 e. The molecule has 0 aliphatic rings. The molecule has 0 spiro atoms. The Morgan fingerprint density at radius 1 is 1.00 bits per heavy atom. The number of carbonyl (C=O) groups is 2. The molecule has 2 aromatic carbocycles. The molecule has 1 N–H and O–H groups in total. The van der Waals surface area contributed by atoms with Crippen LogP contribution in [0.2, 0.25) is 0 Å². The molecule has 25 heavy (non-hydrogen) atoms. The highest BCUT2D eigenvalue weighted by Gasteiger charge is 2.22. The number of carbonyl (C=O) groups excluding carboxylic acids is 2. The Labute approximate surface area is 148 Å². The predicted molar refractivity (Wildman–Crippen MR) is 95.4 cm³/mol. The van der Waals surface area contributed by atoms with Gasteiger partial charge in [-0.25, -0.2) is 4.79 Å². The van der Waals surface area contributed by atoms with Gasteiger partial charge in [0.15, 0.2) is 0 Å². The molecule has 5 nitrogen and oxygen atoms in total. The van der Waals surface area contributed by atoms with Gasteiger partial charge in [-0.15, -0.1) is 0 Å². The van der Waals surface area contributed by atoms with E-state index in [1.165, 1.54) is 0 Å². The van der Waals surface area contributed by atoms with Gasteiger partial charge in [0.2, 0.25) is 5.91 Å². The molecule has 0 radical (unpaired) electrons. The number of nitrogens with one attached hydrogen (secondary N) is 1. The summed E-state index contributed by atoms with van der Waals surface area (Å²) in [5, 5.41) is 2.78. The van der Waals surface area contributed by atoms with Crippen LogP contribution >= 0.6 is 0 Å². The highest BCUT2D eigenvalue weighted by Crippen LogP contribution is 2.12. The molecule has 1 unspecified atom stereocenters. The van der Waals surface area contributed by atoms with Crippen molar-refractivity contribution in [2.75, 3.05) is 13.7 Å². The maximum Gasteiger partial charge on any atom is 0.328 e. The van der Waals surface area contributed by atoms with Gasteiger partial charge in [0, 0.05) is 6.42 Å². The minimum absolute atomic E-state index is 0.189. The first-order valence-electron chi connectivity index (χ1n) is 8.25. The van der Waals surface area contributed by atoms with Crippen LogP contribution in [0.1, 0.15) is 18.1 Å². The van der Waals surface area contributed by atoms with Gasteiger partial charge < -0.3 is 14.8 Å². The first-order valence-corrected chi connectivity index (χ1v) is 8.25. The average molecular weight is 341 g/mol. The van der Waals surface area contributed by atoms with Crippen LogP contribution in [0.3, 0.4) is 0 Å². The number of hydrogen-bond acceptors (Lipinski definition) is 4. The zero-order valence-corrected chi connectivity index (χ0v) is 14.5. The Morgan fingerprint density at radius 2 is 1.68 bits per heavy atom. The zero-order valence-electron chi connectivity index (χ0n) is 14.5. The van der Waals surface area contributed by atoms with Crippen molar-refractivity contribution in [3.8, 4) is 5.75 Å². The van der Waals surface area contributed by atoms with Gasteiger partial charge in [-0.2, -0.15) is 0 Å². The van der Waals surface area contributed by atoms with Crippen molar-refractivity contribution in [3.05, 3.63) is 65.7 Å². The fourth-order valence-electron chi connectivity index (χ4n) is 2.46. The van der Waals surface area contributed by atoms with E-state index >= 15 is 0 Å². The lowest BCUT2D eigenvalue weighted by atomic mass is 10.1. The average Bonchev–Trinajstić information content (AvgIpc) is 2.63. The SMILES string of the molecule is CCOC(=O)C(Cc1ccccc1)NC(=O)Cc1ccc(OC)cc1. The van der Waals surface area contributed by atoms with E-state index in [1.807, 2.05) is 42.5 Å². The second-order valence-electron chi connectivity index (χ2n) is 5.59. The molecular weight excluding hydrogens is 318 g/mol. The molecule has 2 aromatic rings. The van der Waals surface area contributed by atoms with Crippen LogP contribution in [0.15, 0.2) is 54.6 Å². The second-order valence-corrected chi connectivity index (χ2v) is 5.59. The lowest BCUT2D eigenvalue weighted by Crippen LogP contribution is -2.44. The van der Waals surface area contributed by atoms with Crippen LogP contribution in [0, 0.1) is 0 Å². The normalized spacial score (nSPS) is 11.4. The molecule has 0 bridgehead atoms. The standard InChI is InChI=1S/C20H23NO4/c1-3-25-20(23)18(13-15-7-5-4-6-8-15)21-19(22)14-16-9-11-17(24-2)12-10-16/h4-12,18H,3,13-14H2,1-2H3,(H,21,22). The van der Waals surface area contributed by atoms with E-state index in [0.717, 1.165) is 16.9 Å². The van der Waals surface area contributed by atoms with Gasteiger partial charge in [0.1, 0.15) is 11.8 Å². The molecule has 0 saturated heterocycles. The Hall–Kier alpha value is -2.82. The first kappa shape index (κ1) is 18.5. The first-order chi connectivity index (χ1) is 12.1. The van der Waals surface area contributed by atoms with Crippen molar-refractivity contribution < 1.29 is 19.1 Å². The van der Waals surface area contributed by atoms with E-state index in [-0.39, 0.29) is 18.9 Å². The summed E-state index contributed by atoms with van der Waals surface area (Å²) in [5.74, 6) is 0.0891. The molecular formula is C20H23NO4. The molecule has 1 atom stereocenters. The Balaban J connectivity index is 2.01. The predicted octanol–water partition coefficient (Wildman–Crippen LogP) is 2.53. The van der Waals surface area contributed by atoms with Crippen molar-refractivity contribution in [3.63, 3.8) is 0 Å². The van der Waals surface area contributed by atoms with Gasteiger partial charge in [-0.1, -0.05) is 42.5 Å². The van der Waals surface area contributed by atoms with Gasteiger partial charge >= 0.3 is 5.97 Å². The molecule has 2 rings (SSSR count). The zero-order chi connectivity index (χ0) is 18.1. The fraction of sp³-hybridized carbons (Fsp3) is 0.300. The molecule has 0 aromatic heterocycles. The highest BCUT2D eigenvalue weighted by molar-refractivity contribution is 5.85. The maximum absolute atomic E-state index is 12.3. The highest BCUT2D eigenvalue weighted by atomic mass is 16.5. The topological polar surface area (TPSA) is 64.6 Å². The quantitative estimate of drug-likeness (QED) is 0.750. The molecule has 0 heterocycles. The van der Waals surface area contributed by atoms with Crippen molar-refractivity contribution in [1.29, 1.82) is 0 Å². The van der Waals surface area contributed by atoms with Crippen molar-refractivity contribution in [2.24, 2.45) is 0 Å². The van der Waals surface area contributed by atoms with Crippen LogP contribution in [-0.2, 0) is 27.2 Å². The summed E-state index contributed by atoms with van der Waals surface area (Å²) in [4.78, 5) is 24.5. The summed E-state index contributed by atoms with van der Waals surface area (Å²) in [6.45, 7) is 2.02. The van der Waals surface area contributed by atoms with E-state index in [9.17, 15) is 9.59 Å². The molecule has 0 aliphatic heterocycles. The van der Waals surface area contributed by atoms with Gasteiger partial charge in [0.25, 0.3) is 0 Å². The summed E-state index contributed by atoms with van der Waals surface area (Å²) >= 11 is 0. The molecule has 132 valence electrons. The number of amides is 1. The summed E-state index contributed by atoms with van der Waals surface area (Å²) in [6, 6.07) is 16.1. The number of esters is 1. The Kier molecular flexibility index (Phi) is 7.01. The maximum atomic E-state index is 12.3. The number of benzene rings is 2. The van der Waals surface area contributed by atoms with Crippen molar-refractivity contribution in [2.45, 2.75) is 25.8 Å². The molecule has 0 aliphatic carbocycles. The number of hydrogen-bond donors (Lipinski definition) is 1. The third kappa shape index (κ3) is 5.95. The molecule has 0 fully saturated rings. The van der Waals surface area contributed by atoms with Crippen LogP contribution in [0.5, 0.6) is 5.75 Å². The molecule has 5 heteroatoms. The van der Waals surface area contributed by atoms with E-state index in [4.69, 9.17) is 9.47 Å². The van der Waals surface area contributed by atoms with Crippen LogP contribution in [0.4, 0.5) is 0 Å². The van der Waals surface area contributed by atoms with Gasteiger partial charge in [-0.05, 0) is 30.2 Å². The monoisotopic (exact) mass is 341 g/mol. The summed E-state index contributed by atoms with van der Waals surface area (Å²) in [7, 11) is 1.59. The lowest BCUT2D eigenvalue weighted by Gasteiger charge is -2.17. The third-order valence-corrected chi connectivity index (χ3v) is 3.71. The lowest BCUT2D eigenvalue weighted by molar-refractivity contribution is -0.147. The summed E-state index contributed by atoms with van der Waals surface area (Å²) in [5.41, 5.74) is 1.81. The fourth-order valence-corrected chi connectivity index (χ4v) is 2.46. The second kappa shape index (κ2) is 9.47. The molecule has 1 amide bonds. The number of rotatable bonds is 8. The smallest absolute Gasteiger partial charge is 0.328 e. The van der Waals surface area contributed by atoms with Crippen molar-refractivity contribution >= 4 is 11.9 Å². The number of methoxy groups -OCH3 is 1. The van der Waals surface area contributed by atoms with E-state index in [2.05, 4.69) is 5.32 Å². The van der Waals surface area contributed by atoms with E-state index < -0.39 is 12.0 Å². The summed E-state index contributed by atoms with van der Waals surface area (Å²) in [6.07, 6.45) is 0.586. The third-order valence-electron chi connectivity index (χ3n) is 3.71. The van der Waals surface area contributed by atoms with Gasteiger partial charge in [-0.3, -0.25) is 4.79 Å². The number of ether oxygens (including phenoxy) is 2. The van der Waals surface area contributed by atoms with Crippen molar-refractivity contribution in [1.82, 2.24) is 5.32 Å². The Morgan fingerprint density at radius 3 is 2.28 bits per heavy atom.